The third-order valence-electron chi connectivity index (χ3n) is 3.39. The maximum atomic E-state index is 6.04. The van der Waals surface area contributed by atoms with Gasteiger partial charge in [0.1, 0.15) is 5.75 Å². The van der Waals surface area contributed by atoms with Crippen LogP contribution >= 0.6 is 11.6 Å². The van der Waals surface area contributed by atoms with E-state index in [0.717, 1.165) is 30.3 Å². The Morgan fingerprint density at radius 3 is 2.74 bits per heavy atom. The van der Waals surface area contributed by atoms with Gasteiger partial charge in [-0.2, -0.15) is 0 Å². The Hall–Kier alpha value is -0.730. The van der Waals surface area contributed by atoms with Gasteiger partial charge in [-0.1, -0.05) is 25.4 Å². The molecule has 0 saturated carbocycles. The Labute approximate surface area is 122 Å². The summed E-state index contributed by atoms with van der Waals surface area (Å²) in [6.07, 6.45) is 4.63. The SMILES string of the molecule is CCCNCCC(C)CCc1cc(Cl)ccc1OC. The fraction of sp³-hybridized carbons (Fsp3) is 0.625. The molecule has 1 aromatic carbocycles. The van der Waals surface area contributed by atoms with Gasteiger partial charge in [0.05, 0.1) is 7.11 Å². The number of rotatable bonds is 9. The molecule has 0 heterocycles. The summed E-state index contributed by atoms with van der Waals surface area (Å²) in [7, 11) is 1.71. The Morgan fingerprint density at radius 1 is 1.26 bits per heavy atom. The van der Waals surface area contributed by atoms with Crippen molar-refractivity contribution in [2.75, 3.05) is 20.2 Å². The summed E-state index contributed by atoms with van der Waals surface area (Å²) in [5.41, 5.74) is 1.21. The average Bonchev–Trinajstić information content (AvgIpc) is 2.41. The van der Waals surface area contributed by atoms with Crippen molar-refractivity contribution in [1.29, 1.82) is 0 Å². The van der Waals surface area contributed by atoms with E-state index in [1.807, 2.05) is 18.2 Å². The highest BCUT2D eigenvalue weighted by molar-refractivity contribution is 6.30. The van der Waals surface area contributed by atoms with E-state index < -0.39 is 0 Å². The second-order valence-corrected chi connectivity index (χ2v) is 5.58. The lowest BCUT2D eigenvalue weighted by Gasteiger charge is -2.13. The van der Waals surface area contributed by atoms with Gasteiger partial charge >= 0.3 is 0 Å². The first-order chi connectivity index (χ1) is 9.17. The van der Waals surface area contributed by atoms with Crippen LogP contribution in [0.5, 0.6) is 5.75 Å². The van der Waals surface area contributed by atoms with Crippen molar-refractivity contribution in [2.45, 2.75) is 39.5 Å². The van der Waals surface area contributed by atoms with Crippen LogP contribution in [0.4, 0.5) is 0 Å². The van der Waals surface area contributed by atoms with E-state index in [-0.39, 0.29) is 0 Å². The summed E-state index contributed by atoms with van der Waals surface area (Å²) in [6.45, 7) is 6.74. The molecule has 0 aromatic heterocycles. The normalized spacial score (nSPS) is 12.4. The summed E-state index contributed by atoms with van der Waals surface area (Å²) in [6, 6.07) is 5.84. The summed E-state index contributed by atoms with van der Waals surface area (Å²) >= 11 is 6.04. The molecule has 1 rings (SSSR count). The molecule has 0 amide bonds. The molecule has 1 unspecified atom stereocenters. The summed E-state index contributed by atoms with van der Waals surface area (Å²) in [4.78, 5) is 0. The first-order valence-electron chi connectivity index (χ1n) is 7.20. The molecule has 0 saturated heterocycles. The second kappa shape index (κ2) is 9.22. The number of halogens is 1. The lowest BCUT2D eigenvalue weighted by molar-refractivity contribution is 0.405. The van der Waals surface area contributed by atoms with Gasteiger partial charge in [-0.15, -0.1) is 0 Å². The third kappa shape index (κ3) is 6.31. The molecule has 19 heavy (non-hydrogen) atoms. The average molecular weight is 284 g/mol. The number of benzene rings is 1. The van der Waals surface area contributed by atoms with Gasteiger partial charge in [-0.3, -0.25) is 0 Å². The standard InChI is InChI=1S/C16H26ClNO/c1-4-10-18-11-9-13(2)5-6-14-12-15(17)7-8-16(14)19-3/h7-8,12-13,18H,4-6,9-11H2,1-3H3. The van der Waals surface area contributed by atoms with Crippen LogP contribution in [0.3, 0.4) is 0 Å². The van der Waals surface area contributed by atoms with Crippen molar-refractivity contribution >= 4 is 11.6 Å². The number of ether oxygens (including phenoxy) is 1. The molecule has 3 heteroatoms. The quantitative estimate of drug-likeness (QED) is 0.682. The third-order valence-corrected chi connectivity index (χ3v) is 3.62. The number of hydrogen-bond donors (Lipinski definition) is 1. The smallest absolute Gasteiger partial charge is 0.122 e. The van der Waals surface area contributed by atoms with Crippen LogP contribution in [0, 0.1) is 5.92 Å². The molecule has 2 nitrogen and oxygen atoms in total. The van der Waals surface area contributed by atoms with E-state index in [4.69, 9.17) is 16.3 Å². The van der Waals surface area contributed by atoms with Crippen LogP contribution in [-0.2, 0) is 6.42 Å². The molecular formula is C16H26ClNO. The highest BCUT2D eigenvalue weighted by Crippen LogP contribution is 2.25. The van der Waals surface area contributed by atoms with Gasteiger partial charge < -0.3 is 10.1 Å². The van der Waals surface area contributed by atoms with Gasteiger partial charge in [0, 0.05) is 5.02 Å². The van der Waals surface area contributed by atoms with Crippen molar-refractivity contribution < 1.29 is 4.74 Å². The van der Waals surface area contributed by atoms with E-state index in [1.165, 1.54) is 24.8 Å². The molecule has 1 N–H and O–H groups in total. The van der Waals surface area contributed by atoms with Crippen molar-refractivity contribution in [1.82, 2.24) is 5.32 Å². The maximum Gasteiger partial charge on any atom is 0.122 e. The van der Waals surface area contributed by atoms with Crippen molar-refractivity contribution in [3.63, 3.8) is 0 Å². The van der Waals surface area contributed by atoms with Gasteiger partial charge in [0.25, 0.3) is 0 Å². The van der Waals surface area contributed by atoms with Crippen LogP contribution < -0.4 is 10.1 Å². The summed E-state index contributed by atoms with van der Waals surface area (Å²) in [5.74, 6) is 1.66. The zero-order chi connectivity index (χ0) is 14.1. The number of hydrogen-bond acceptors (Lipinski definition) is 2. The Bertz CT molecular complexity index is 368. The topological polar surface area (TPSA) is 21.3 Å². The summed E-state index contributed by atoms with van der Waals surface area (Å²) < 4.78 is 5.37. The number of nitrogens with one attached hydrogen (secondary N) is 1. The first kappa shape index (κ1) is 16.3. The molecular weight excluding hydrogens is 258 g/mol. The molecule has 0 aliphatic heterocycles. The van der Waals surface area contributed by atoms with E-state index >= 15 is 0 Å². The number of methoxy groups -OCH3 is 1. The van der Waals surface area contributed by atoms with Gasteiger partial charge in [-0.25, -0.2) is 0 Å². The highest BCUT2D eigenvalue weighted by atomic mass is 35.5. The zero-order valence-corrected chi connectivity index (χ0v) is 13.1. The molecule has 1 atom stereocenters. The van der Waals surface area contributed by atoms with Crippen LogP contribution in [-0.4, -0.2) is 20.2 Å². The molecule has 0 radical (unpaired) electrons. The largest absolute Gasteiger partial charge is 0.496 e. The minimum absolute atomic E-state index is 0.716. The monoisotopic (exact) mass is 283 g/mol. The molecule has 0 fully saturated rings. The van der Waals surface area contributed by atoms with Crippen molar-refractivity contribution in [2.24, 2.45) is 5.92 Å². The zero-order valence-electron chi connectivity index (χ0n) is 12.3. The summed E-state index contributed by atoms with van der Waals surface area (Å²) in [5, 5.41) is 4.24. The minimum atomic E-state index is 0.716. The van der Waals surface area contributed by atoms with Crippen molar-refractivity contribution in [3.05, 3.63) is 28.8 Å². The van der Waals surface area contributed by atoms with Crippen LogP contribution in [0.1, 0.15) is 38.7 Å². The molecule has 1 aromatic rings. The maximum absolute atomic E-state index is 6.04. The fourth-order valence-corrected chi connectivity index (χ4v) is 2.33. The van der Waals surface area contributed by atoms with E-state index in [2.05, 4.69) is 19.2 Å². The predicted molar refractivity (Wildman–Crippen MR) is 83.3 cm³/mol. The molecule has 0 aliphatic carbocycles. The predicted octanol–water partition coefficient (Wildman–Crippen LogP) is 4.31. The molecule has 108 valence electrons. The Kier molecular flexibility index (Phi) is 7.92. The Morgan fingerprint density at radius 2 is 2.05 bits per heavy atom. The van der Waals surface area contributed by atoms with E-state index in [1.54, 1.807) is 7.11 Å². The van der Waals surface area contributed by atoms with Crippen LogP contribution in [0.25, 0.3) is 0 Å². The molecule has 0 aliphatic rings. The molecule has 0 bridgehead atoms. The lowest BCUT2D eigenvalue weighted by atomic mass is 9.98. The molecule has 0 spiro atoms. The first-order valence-corrected chi connectivity index (χ1v) is 7.58. The van der Waals surface area contributed by atoms with Gasteiger partial charge in [-0.05, 0) is 68.5 Å². The van der Waals surface area contributed by atoms with Crippen molar-refractivity contribution in [3.8, 4) is 5.75 Å². The van der Waals surface area contributed by atoms with Gasteiger partial charge in [0.2, 0.25) is 0 Å². The van der Waals surface area contributed by atoms with Gasteiger partial charge in [0.15, 0.2) is 0 Å². The minimum Gasteiger partial charge on any atom is -0.496 e. The number of aryl methyl sites for hydroxylation is 1. The fourth-order valence-electron chi connectivity index (χ4n) is 2.14. The van der Waals surface area contributed by atoms with Crippen LogP contribution in [0.2, 0.25) is 5.02 Å². The van der Waals surface area contributed by atoms with E-state index in [9.17, 15) is 0 Å². The second-order valence-electron chi connectivity index (χ2n) is 5.14. The lowest BCUT2D eigenvalue weighted by Crippen LogP contribution is -2.18. The highest BCUT2D eigenvalue weighted by Gasteiger charge is 2.07. The Balaban J connectivity index is 2.36. The van der Waals surface area contributed by atoms with E-state index in [0.29, 0.717) is 5.92 Å². The van der Waals surface area contributed by atoms with Crippen LogP contribution in [0.15, 0.2) is 18.2 Å².